The highest BCUT2D eigenvalue weighted by atomic mass is 35.5. The first-order valence-corrected chi connectivity index (χ1v) is 8.42. The zero-order valence-electron chi connectivity index (χ0n) is 11.9. The highest BCUT2D eigenvalue weighted by Gasteiger charge is 2.41. The summed E-state index contributed by atoms with van der Waals surface area (Å²) in [6.07, 6.45) is 0.956. The maximum atomic E-state index is 12.5. The van der Waals surface area contributed by atoms with Crippen molar-refractivity contribution in [2.24, 2.45) is 5.73 Å². The Balaban J connectivity index is 2.35. The Bertz CT molecular complexity index is 782. The molecule has 1 saturated heterocycles. The number of primary amides is 1. The normalized spacial score (nSPS) is 17.4. The van der Waals surface area contributed by atoms with Crippen LogP contribution in [-0.4, -0.2) is 38.2 Å². The van der Waals surface area contributed by atoms with E-state index < -0.39 is 30.2 Å². The van der Waals surface area contributed by atoms with E-state index in [1.165, 1.54) is 12.1 Å². The van der Waals surface area contributed by atoms with Crippen molar-refractivity contribution in [1.82, 2.24) is 4.90 Å². The number of nitrogens with two attached hydrogens (primary N) is 1. The minimum Gasteiger partial charge on any atom is -0.480 e. The number of thiocarbonyl (C=S) groups is 1. The average Bonchev–Trinajstić information content (AvgIpc) is 2.74. The number of thioether (sulfide) groups is 1. The molecule has 0 bridgehead atoms. The van der Waals surface area contributed by atoms with Crippen LogP contribution in [0, 0.1) is 0 Å². The van der Waals surface area contributed by atoms with Crippen molar-refractivity contribution >= 4 is 75.4 Å². The largest absolute Gasteiger partial charge is 0.480 e. The molecule has 2 amide bonds. The third-order valence-electron chi connectivity index (χ3n) is 3.06. The van der Waals surface area contributed by atoms with Crippen LogP contribution in [0.25, 0.3) is 6.08 Å². The van der Waals surface area contributed by atoms with Gasteiger partial charge < -0.3 is 10.8 Å². The molecule has 6 nitrogen and oxygen atoms in total. The van der Waals surface area contributed by atoms with Gasteiger partial charge in [-0.25, -0.2) is 4.79 Å². The molecule has 1 unspecified atom stereocenters. The number of nitrogens with zero attached hydrogens (tertiary/aromatic N) is 1. The van der Waals surface area contributed by atoms with E-state index in [0.717, 1.165) is 16.7 Å². The quantitative estimate of drug-likeness (QED) is 0.577. The van der Waals surface area contributed by atoms with Crippen LogP contribution in [0.1, 0.15) is 12.0 Å². The molecule has 0 saturated carbocycles. The zero-order chi connectivity index (χ0) is 18.0. The monoisotopic (exact) mass is 404 g/mol. The van der Waals surface area contributed by atoms with Gasteiger partial charge in [0.05, 0.1) is 11.3 Å². The highest BCUT2D eigenvalue weighted by molar-refractivity contribution is 8.26. The predicted molar refractivity (Wildman–Crippen MR) is 96.7 cm³/mol. The van der Waals surface area contributed by atoms with Crippen LogP contribution in [0.2, 0.25) is 10.0 Å². The van der Waals surface area contributed by atoms with Gasteiger partial charge in [-0.2, -0.15) is 0 Å². The number of carbonyl (C=O) groups excluding carboxylic acids is 2. The van der Waals surface area contributed by atoms with E-state index >= 15 is 0 Å². The summed E-state index contributed by atoms with van der Waals surface area (Å²) < 4.78 is 0.0324. The Morgan fingerprint density at radius 2 is 2.08 bits per heavy atom. The van der Waals surface area contributed by atoms with E-state index in [1.54, 1.807) is 12.1 Å². The molecule has 2 rings (SSSR count). The van der Waals surface area contributed by atoms with Crippen molar-refractivity contribution in [2.45, 2.75) is 12.5 Å². The molecule has 126 valence electrons. The minimum absolute atomic E-state index is 0.0324. The lowest BCUT2D eigenvalue weighted by Crippen LogP contribution is -2.46. The van der Waals surface area contributed by atoms with Gasteiger partial charge in [-0.1, -0.05) is 53.2 Å². The lowest BCUT2D eigenvalue weighted by Gasteiger charge is -2.21. The summed E-state index contributed by atoms with van der Waals surface area (Å²) in [6.45, 7) is 0. The lowest BCUT2D eigenvalue weighted by atomic mass is 10.1. The molecule has 10 heteroatoms. The Kier molecular flexibility index (Phi) is 5.87. The summed E-state index contributed by atoms with van der Waals surface area (Å²) in [7, 11) is 0. The fraction of sp³-hybridized carbons (Fsp3) is 0.143. The summed E-state index contributed by atoms with van der Waals surface area (Å²) >= 11 is 17.9. The van der Waals surface area contributed by atoms with Crippen LogP contribution in [0.15, 0.2) is 23.1 Å². The van der Waals surface area contributed by atoms with Gasteiger partial charge in [0.1, 0.15) is 10.4 Å². The second-order valence-corrected chi connectivity index (χ2v) is 7.26. The van der Waals surface area contributed by atoms with Crippen molar-refractivity contribution in [3.63, 3.8) is 0 Å². The number of carbonyl (C=O) groups is 3. The van der Waals surface area contributed by atoms with Crippen molar-refractivity contribution < 1.29 is 19.5 Å². The number of benzene rings is 1. The van der Waals surface area contributed by atoms with E-state index in [-0.39, 0.29) is 9.23 Å². The van der Waals surface area contributed by atoms with Gasteiger partial charge in [0, 0.05) is 10.0 Å². The van der Waals surface area contributed by atoms with Crippen molar-refractivity contribution in [2.75, 3.05) is 0 Å². The van der Waals surface area contributed by atoms with Crippen molar-refractivity contribution in [3.8, 4) is 0 Å². The number of hydrogen-bond donors (Lipinski definition) is 2. The summed E-state index contributed by atoms with van der Waals surface area (Å²) in [5.41, 5.74) is 5.58. The summed E-state index contributed by atoms with van der Waals surface area (Å²) in [5, 5.41) is 10.0. The van der Waals surface area contributed by atoms with Gasteiger partial charge in [0.2, 0.25) is 5.91 Å². The van der Waals surface area contributed by atoms with Crippen LogP contribution in [0.5, 0.6) is 0 Å². The van der Waals surface area contributed by atoms with E-state index in [2.05, 4.69) is 0 Å². The number of carboxylic acid groups (broad SMARTS) is 1. The third-order valence-corrected chi connectivity index (χ3v) is 4.96. The predicted octanol–water partition coefficient (Wildman–Crippen LogP) is 2.52. The molecule has 0 spiro atoms. The molecular formula is C14H10Cl2N2O4S2. The number of hydrogen-bond acceptors (Lipinski definition) is 5. The van der Waals surface area contributed by atoms with Crippen LogP contribution in [0.4, 0.5) is 0 Å². The Labute approximate surface area is 156 Å². The smallest absolute Gasteiger partial charge is 0.327 e. The van der Waals surface area contributed by atoms with E-state index in [1.807, 2.05) is 0 Å². The molecule has 0 aliphatic carbocycles. The first kappa shape index (κ1) is 18.7. The van der Waals surface area contributed by atoms with Gasteiger partial charge in [-0.3, -0.25) is 14.5 Å². The Morgan fingerprint density at radius 3 is 2.62 bits per heavy atom. The van der Waals surface area contributed by atoms with Crippen LogP contribution < -0.4 is 5.73 Å². The van der Waals surface area contributed by atoms with Gasteiger partial charge in [-0.15, -0.1) is 0 Å². The van der Waals surface area contributed by atoms with Crippen LogP contribution >= 0.6 is 47.2 Å². The molecule has 1 aliphatic rings. The third kappa shape index (κ3) is 4.07. The Hall–Kier alpha value is -1.61. The molecule has 1 atom stereocenters. The number of rotatable bonds is 5. The molecular weight excluding hydrogens is 395 g/mol. The SMILES string of the molecule is NC(=O)CC(C(=O)O)N1C(=O)/C(=C/c2ccc(Cl)cc2Cl)SC1=S. The molecule has 1 aromatic carbocycles. The van der Waals surface area contributed by atoms with E-state index in [4.69, 9.17) is 41.2 Å². The fourth-order valence-electron chi connectivity index (χ4n) is 1.99. The van der Waals surface area contributed by atoms with Gasteiger partial charge in [-0.05, 0) is 23.8 Å². The van der Waals surface area contributed by atoms with Crippen molar-refractivity contribution in [1.29, 1.82) is 0 Å². The summed E-state index contributed by atoms with van der Waals surface area (Å²) in [6, 6.07) is 3.30. The molecule has 0 aromatic heterocycles. The van der Waals surface area contributed by atoms with Gasteiger partial charge >= 0.3 is 5.97 Å². The van der Waals surface area contributed by atoms with E-state index in [0.29, 0.717) is 15.6 Å². The maximum absolute atomic E-state index is 12.5. The van der Waals surface area contributed by atoms with Crippen LogP contribution in [-0.2, 0) is 14.4 Å². The zero-order valence-corrected chi connectivity index (χ0v) is 15.0. The summed E-state index contributed by atoms with van der Waals surface area (Å²) in [4.78, 5) is 36.0. The molecule has 3 N–H and O–H groups in total. The average molecular weight is 405 g/mol. The van der Waals surface area contributed by atoms with E-state index in [9.17, 15) is 19.5 Å². The first-order chi connectivity index (χ1) is 11.2. The number of halogens is 2. The molecule has 0 radical (unpaired) electrons. The fourth-order valence-corrected chi connectivity index (χ4v) is 3.80. The molecule has 1 aliphatic heterocycles. The van der Waals surface area contributed by atoms with Crippen molar-refractivity contribution in [3.05, 3.63) is 38.7 Å². The van der Waals surface area contributed by atoms with Gasteiger partial charge in [0.25, 0.3) is 5.91 Å². The minimum atomic E-state index is -1.44. The van der Waals surface area contributed by atoms with Gasteiger partial charge in [0.15, 0.2) is 0 Å². The Morgan fingerprint density at radius 1 is 1.42 bits per heavy atom. The number of aliphatic carboxylic acids is 1. The second kappa shape index (κ2) is 7.52. The maximum Gasteiger partial charge on any atom is 0.327 e. The lowest BCUT2D eigenvalue weighted by molar-refractivity contribution is -0.146. The highest BCUT2D eigenvalue weighted by Crippen LogP contribution is 2.36. The standard InChI is InChI=1S/C14H10Cl2N2O4S2/c15-7-2-1-6(8(16)4-7)3-10-12(20)18(14(23)24-10)9(13(21)22)5-11(17)19/h1-4,9H,5H2,(H2,17,19)(H,21,22)/b10-3-. The molecule has 1 fully saturated rings. The second-order valence-electron chi connectivity index (χ2n) is 4.74. The molecule has 1 aromatic rings. The number of amides is 2. The molecule has 24 heavy (non-hydrogen) atoms. The molecule has 1 heterocycles. The first-order valence-electron chi connectivity index (χ1n) is 6.44. The topological polar surface area (TPSA) is 101 Å². The summed E-state index contributed by atoms with van der Waals surface area (Å²) in [5.74, 6) is -2.83. The number of carboxylic acids is 1. The van der Waals surface area contributed by atoms with Crippen LogP contribution in [0.3, 0.4) is 0 Å².